The van der Waals surface area contributed by atoms with Crippen LogP contribution in [-0.2, 0) is 0 Å². The van der Waals surface area contributed by atoms with Crippen molar-refractivity contribution in [3.05, 3.63) is 34.9 Å². The molecule has 1 rings (SSSR count). The molecular formula is C12H14ClNO3. The SMILES string of the molecule is CC(NC(=O)O)C(C)C(=O)c1ccc(Cl)cc1. The number of halogens is 1. The van der Waals surface area contributed by atoms with Gasteiger partial charge in [-0.3, -0.25) is 4.79 Å². The van der Waals surface area contributed by atoms with Gasteiger partial charge in [0.05, 0.1) is 0 Å². The average molecular weight is 256 g/mol. The maximum Gasteiger partial charge on any atom is 0.404 e. The van der Waals surface area contributed by atoms with Crippen molar-refractivity contribution in [2.75, 3.05) is 0 Å². The maximum absolute atomic E-state index is 12.0. The summed E-state index contributed by atoms with van der Waals surface area (Å²) in [6.45, 7) is 3.35. The fourth-order valence-corrected chi connectivity index (χ4v) is 1.55. The maximum atomic E-state index is 12.0. The van der Waals surface area contributed by atoms with Crippen LogP contribution in [0.15, 0.2) is 24.3 Å². The molecule has 4 nitrogen and oxygen atoms in total. The lowest BCUT2D eigenvalue weighted by Crippen LogP contribution is -2.39. The van der Waals surface area contributed by atoms with E-state index >= 15 is 0 Å². The van der Waals surface area contributed by atoms with E-state index in [1.807, 2.05) is 0 Å². The summed E-state index contributed by atoms with van der Waals surface area (Å²) in [4.78, 5) is 22.5. The van der Waals surface area contributed by atoms with E-state index in [0.29, 0.717) is 10.6 Å². The van der Waals surface area contributed by atoms with Crippen LogP contribution >= 0.6 is 11.6 Å². The van der Waals surface area contributed by atoms with E-state index < -0.39 is 18.1 Å². The van der Waals surface area contributed by atoms with E-state index in [1.165, 1.54) is 0 Å². The minimum Gasteiger partial charge on any atom is -0.465 e. The Labute approximate surface area is 105 Å². The van der Waals surface area contributed by atoms with Gasteiger partial charge in [0, 0.05) is 22.5 Å². The number of nitrogens with one attached hydrogen (secondary N) is 1. The van der Waals surface area contributed by atoms with Crippen LogP contribution < -0.4 is 5.32 Å². The van der Waals surface area contributed by atoms with E-state index in [1.54, 1.807) is 38.1 Å². The number of benzene rings is 1. The normalized spacial score (nSPS) is 13.8. The topological polar surface area (TPSA) is 66.4 Å². The number of amides is 1. The molecule has 92 valence electrons. The second-order valence-electron chi connectivity index (χ2n) is 3.90. The summed E-state index contributed by atoms with van der Waals surface area (Å²) < 4.78 is 0. The Hall–Kier alpha value is -1.55. The van der Waals surface area contributed by atoms with Gasteiger partial charge in [0.15, 0.2) is 5.78 Å². The molecule has 2 atom stereocenters. The highest BCUT2D eigenvalue weighted by molar-refractivity contribution is 6.30. The molecule has 5 heteroatoms. The number of hydrogen-bond donors (Lipinski definition) is 2. The molecule has 0 aromatic heterocycles. The van der Waals surface area contributed by atoms with Crippen LogP contribution in [0.5, 0.6) is 0 Å². The molecule has 0 bridgehead atoms. The van der Waals surface area contributed by atoms with Crippen LogP contribution in [0.25, 0.3) is 0 Å². The monoisotopic (exact) mass is 255 g/mol. The van der Waals surface area contributed by atoms with Crippen molar-refractivity contribution < 1.29 is 14.7 Å². The summed E-state index contributed by atoms with van der Waals surface area (Å²) >= 11 is 5.73. The van der Waals surface area contributed by atoms with Gasteiger partial charge in [-0.15, -0.1) is 0 Å². The Bertz CT molecular complexity index is 416. The van der Waals surface area contributed by atoms with Crippen molar-refractivity contribution in [1.82, 2.24) is 5.32 Å². The lowest BCUT2D eigenvalue weighted by Gasteiger charge is -2.18. The highest BCUT2D eigenvalue weighted by atomic mass is 35.5. The fourth-order valence-electron chi connectivity index (χ4n) is 1.42. The standard InChI is InChI=1S/C12H14ClNO3/c1-7(8(2)14-12(16)17)11(15)9-3-5-10(13)6-4-9/h3-8,14H,1-2H3,(H,16,17). The van der Waals surface area contributed by atoms with Gasteiger partial charge >= 0.3 is 6.09 Å². The first-order chi connectivity index (χ1) is 7.91. The van der Waals surface area contributed by atoms with Gasteiger partial charge < -0.3 is 10.4 Å². The number of carboxylic acid groups (broad SMARTS) is 1. The van der Waals surface area contributed by atoms with Gasteiger partial charge in [0.1, 0.15) is 0 Å². The quantitative estimate of drug-likeness (QED) is 0.813. The molecule has 0 aliphatic heterocycles. The van der Waals surface area contributed by atoms with Crippen LogP contribution in [0.1, 0.15) is 24.2 Å². The smallest absolute Gasteiger partial charge is 0.404 e. The number of Topliss-reactive ketones (excluding diaryl/α,β-unsaturated/α-hetero) is 1. The van der Waals surface area contributed by atoms with Gasteiger partial charge in [-0.2, -0.15) is 0 Å². The molecule has 0 aliphatic rings. The van der Waals surface area contributed by atoms with Crippen LogP contribution in [0.4, 0.5) is 4.79 Å². The summed E-state index contributed by atoms with van der Waals surface area (Å²) in [7, 11) is 0. The Kier molecular flexibility index (Phi) is 4.52. The van der Waals surface area contributed by atoms with Crippen molar-refractivity contribution in [1.29, 1.82) is 0 Å². The molecule has 1 aromatic rings. The predicted molar refractivity (Wildman–Crippen MR) is 65.6 cm³/mol. The predicted octanol–water partition coefficient (Wildman–Crippen LogP) is 2.81. The van der Waals surface area contributed by atoms with E-state index in [9.17, 15) is 9.59 Å². The third kappa shape index (κ3) is 3.75. The molecular weight excluding hydrogens is 242 g/mol. The van der Waals surface area contributed by atoms with Crippen LogP contribution in [0.3, 0.4) is 0 Å². The second-order valence-corrected chi connectivity index (χ2v) is 4.33. The second kappa shape index (κ2) is 5.68. The zero-order valence-corrected chi connectivity index (χ0v) is 10.4. The number of ketones is 1. The molecule has 2 unspecified atom stereocenters. The van der Waals surface area contributed by atoms with Crippen molar-refractivity contribution in [3.63, 3.8) is 0 Å². The molecule has 1 aromatic carbocycles. The Morgan fingerprint density at radius 3 is 2.24 bits per heavy atom. The molecule has 1 amide bonds. The highest BCUT2D eigenvalue weighted by Crippen LogP contribution is 2.15. The minimum atomic E-state index is -1.13. The summed E-state index contributed by atoms with van der Waals surface area (Å²) in [5, 5.41) is 11.4. The first kappa shape index (κ1) is 13.5. The van der Waals surface area contributed by atoms with Crippen molar-refractivity contribution in [2.45, 2.75) is 19.9 Å². The zero-order valence-electron chi connectivity index (χ0n) is 9.61. The third-order valence-corrected chi connectivity index (χ3v) is 2.90. The number of carbonyl (C=O) groups excluding carboxylic acids is 1. The number of hydrogen-bond acceptors (Lipinski definition) is 2. The van der Waals surface area contributed by atoms with Crippen LogP contribution in [-0.4, -0.2) is 23.0 Å². The fraction of sp³-hybridized carbons (Fsp3) is 0.333. The van der Waals surface area contributed by atoms with Crippen molar-refractivity contribution >= 4 is 23.5 Å². The third-order valence-electron chi connectivity index (χ3n) is 2.64. The first-order valence-electron chi connectivity index (χ1n) is 5.21. The molecule has 0 heterocycles. The molecule has 2 N–H and O–H groups in total. The molecule has 17 heavy (non-hydrogen) atoms. The van der Waals surface area contributed by atoms with Crippen LogP contribution in [0.2, 0.25) is 5.02 Å². The Morgan fingerprint density at radius 2 is 1.76 bits per heavy atom. The van der Waals surface area contributed by atoms with Crippen LogP contribution in [0, 0.1) is 5.92 Å². The Morgan fingerprint density at radius 1 is 1.24 bits per heavy atom. The van der Waals surface area contributed by atoms with Crippen molar-refractivity contribution in [3.8, 4) is 0 Å². The molecule has 0 aliphatic carbocycles. The van der Waals surface area contributed by atoms with E-state index in [-0.39, 0.29) is 5.78 Å². The number of carbonyl (C=O) groups is 2. The van der Waals surface area contributed by atoms with Gasteiger partial charge in [-0.05, 0) is 31.2 Å². The van der Waals surface area contributed by atoms with Crippen molar-refractivity contribution in [2.24, 2.45) is 5.92 Å². The summed E-state index contributed by atoms with van der Waals surface area (Å²) in [6, 6.07) is 6.10. The van der Waals surface area contributed by atoms with E-state index in [0.717, 1.165) is 0 Å². The largest absolute Gasteiger partial charge is 0.465 e. The Balaban J connectivity index is 2.75. The van der Waals surface area contributed by atoms with Gasteiger partial charge in [-0.1, -0.05) is 18.5 Å². The molecule has 0 saturated heterocycles. The molecule has 0 fully saturated rings. The summed E-state index contributed by atoms with van der Waals surface area (Å²) in [5.74, 6) is -0.532. The van der Waals surface area contributed by atoms with Gasteiger partial charge in [0.2, 0.25) is 0 Å². The first-order valence-corrected chi connectivity index (χ1v) is 5.59. The molecule has 0 spiro atoms. The summed E-state index contributed by atoms with van der Waals surface area (Å²) in [6.07, 6.45) is -1.13. The zero-order chi connectivity index (χ0) is 13.0. The van der Waals surface area contributed by atoms with E-state index in [2.05, 4.69) is 5.32 Å². The van der Waals surface area contributed by atoms with Gasteiger partial charge in [-0.25, -0.2) is 4.79 Å². The lowest BCUT2D eigenvalue weighted by atomic mass is 9.93. The summed E-state index contributed by atoms with van der Waals surface area (Å²) in [5.41, 5.74) is 0.529. The molecule has 0 saturated carbocycles. The lowest BCUT2D eigenvalue weighted by molar-refractivity contribution is 0.0907. The average Bonchev–Trinajstić information content (AvgIpc) is 2.27. The minimum absolute atomic E-state index is 0.108. The number of rotatable bonds is 4. The highest BCUT2D eigenvalue weighted by Gasteiger charge is 2.22. The molecule has 0 radical (unpaired) electrons. The van der Waals surface area contributed by atoms with E-state index in [4.69, 9.17) is 16.7 Å². The van der Waals surface area contributed by atoms with Gasteiger partial charge in [0.25, 0.3) is 0 Å².